The number of aromatic nitrogens is 3. The molecule has 18 heavy (non-hydrogen) atoms. The molecule has 2 aromatic heterocycles. The number of aryl methyl sites for hydroxylation is 1. The minimum atomic E-state index is -0.339. The Morgan fingerprint density at radius 2 is 2.28 bits per heavy atom. The number of nitrogens with one attached hydrogen (secondary N) is 2. The lowest BCUT2D eigenvalue weighted by Gasteiger charge is -2.03. The van der Waals surface area contributed by atoms with Crippen LogP contribution in [0.25, 0.3) is 0 Å². The molecule has 0 fully saturated rings. The number of rotatable bonds is 4. The first-order valence-corrected chi connectivity index (χ1v) is 5.50. The van der Waals surface area contributed by atoms with Gasteiger partial charge in [0, 0.05) is 12.7 Å². The van der Waals surface area contributed by atoms with E-state index in [1.54, 1.807) is 19.1 Å². The summed E-state index contributed by atoms with van der Waals surface area (Å²) in [6.07, 6.45) is 1.48. The average molecular weight is 247 g/mol. The van der Waals surface area contributed by atoms with Crippen molar-refractivity contribution in [2.45, 2.75) is 13.8 Å². The molecule has 2 N–H and O–H groups in total. The van der Waals surface area contributed by atoms with Gasteiger partial charge in [-0.05, 0) is 26.0 Å². The Balaban J connectivity index is 2.04. The van der Waals surface area contributed by atoms with Crippen molar-refractivity contribution >= 4 is 17.7 Å². The van der Waals surface area contributed by atoms with Crippen LogP contribution in [0.5, 0.6) is 0 Å². The van der Waals surface area contributed by atoms with E-state index >= 15 is 0 Å². The highest BCUT2D eigenvalue weighted by Crippen LogP contribution is 2.08. The number of hydrogen-bond acceptors (Lipinski definition) is 6. The van der Waals surface area contributed by atoms with Crippen molar-refractivity contribution in [1.29, 1.82) is 0 Å². The quantitative estimate of drug-likeness (QED) is 0.849. The van der Waals surface area contributed by atoms with E-state index in [1.807, 2.05) is 6.92 Å². The highest BCUT2D eigenvalue weighted by Gasteiger charge is 2.10. The lowest BCUT2D eigenvalue weighted by molar-refractivity contribution is 0.102. The molecule has 0 saturated carbocycles. The fourth-order valence-corrected chi connectivity index (χ4v) is 1.33. The smallest absolute Gasteiger partial charge is 0.328 e. The minimum Gasteiger partial charge on any atom is -0.370 e. The average Bonchev–Trinajstić information content (AvgIpc) is 2.76. The molecule has 0 atom stereocenters. The summed E-state index contributed by atoms with van der Waals surface area (Å²) in [7, 11) is 0. The normalized spacial score (nSPS) is 10.1. The third-order valence-electron chi connectivity index (χ3n) is 2.13. The van der Waals surface area contributed by atoms with Gasteiger partial charge in [0.15, 0.2) is 5.82 Å². The molecule has 0 radical (unpaired) electrons. The predicted molar refractivity (Wildman–Crippen MR) is 65.4 cm³/mol. The van der Waals surface area contributed by atoms with Crippen molar-refractivity contribution in [3.05, 3.63) is 29.7 Å². The predicted octanol–water partition coefficient (Wildman–Crippen LogP) is 1.46. The Labute approximate surface area is 104 Å². The first-order chi connectivity index (χ1) is 8.69. The molecule has 2 aromatic rings. The van der Waals surface area contributed by atoms with E-state index in [2.05, 4.69) is 25.8 Å². The van der Waals surface area contributed by atoms with E-state index in [9.17, 15) is 4.79 Å². The van der Waals surface area contributed by atoms with Gasteiger partial charge in [0.2, 0.25) is 0 Å². The Morgan fingerprint density at radius 3 is 2.83 bits per heavy atom. The number of anilines is 2. The van der Waals surface area contributed by atoms with Gasteiger partial charge < -0.3 is 9.84 Å². The summed E-state index contributed by atoms with van der Waals surface area (Å²) in [6, 6.07) is 3.48. The van der Waals surface area contributed by atoms with Crippen molar-refractivity contribution in [2.75, 3.05) is 17.2 Å². The van der Waals surface area contributed by atoms with Gasteiger partial charge in [0.1, 0.15) is 5.82 Å². The van der Waals surface area contributed by atoms with Crippen LogP contribution in [-0.2, 0) is 0 Å². The van der Waals surface area contributed by atoms with Crippen molar-refractivity contribution < 1.29 is 9.32 Å². The van der Waals surface area contributed by atoms with Crippen LogP contribution in [0, 0.1) is 6.92 Å². The van der Waals surface area contributed by atoms with Gasteiger partial charge in [0.05, 0.1) is 5.56 Å². The van der Waals surface area contributed by atoms with Crippen LogP contribution in [0.4, 0.5) is 11.8 Å². The largest absolute Gasteiger partial charge is 0.370 e. The maximum absolute atomic E-state index is 11.8. The molecule has 2 rings (SSSR count). The molecule has 7 heteroatoms. The van der Waals surface area contributed by atoms with Crippen LogP contribution in [-0.4, -0.2) is 27.6 Å². The maximum atomic E-state index is 11.8. The summed E-state index contributed by atoms with van der Waals surface area (Å²) in [5, 5.41) is 9.11. The zero-order chi connectivity index (χ0) is 13.0. The fraction of sp³-hybridized carbons (Fsp3) is 0.273. The molecule has 0 bridgehead atoms. The lowest BCUT2D eigenvalue weighted by Crippen LogP contribution is -2.12. The van der Waals surface area contributed by atoms with Gasteiger partial charge in [-0.15, -0.1) is 0 Å². The summed E-state index contributed by atoms with van der Waals surface area (Å²) in [4.78, 5) is 19.8. The second kappa shape index (κ2) is 5.26. The van der Waals surface area contributed by atoms with E-state index in [4.69, 9.17) is 4.52 Å². The van der Waals surface area contributed by atoms with Crippen LogP contribution in [0.1, 0.15) is 23.1 Å². The molecule has 7 nitrogen and oxygen atoms in total. The summed E-state index contributed by atoms with van der Waals surface area (Å²) in [5.74, 6) is 0.850. The monoisotopic (exact) mass is 247 g/mol. The molecule has 0 unspecified atom stereocenters. The molecule has 0 aromatic carbocycles. The van der Waals surface area contributed by atoms with Crippen molar-refractivity contribution in [3.8, 4) is 0 Å². The van der Waals surface area contributed by atoms with Crippen LogP contribution >= 0.6 is 0 Å². The molecular formula is C11H13N5O2. The SMILES string of the molecule is CCNc1ccc(C(=O)Nc2nc(C)no2)cn1. The zero-order valence-corrected chi connectivity index (χ0v) is 10.1. The van der Waals surface area contributed by atoms with E-state index < -0.39 is 0 Å². The fourth-order valence-electron chi connectivity index (χ4n) is 1.33. The van der Waals surface area contributed by atoms with Crippen molar-refractivity contribution in [2.24, 2.45) is 0 Å². The number of amides is 1. The topological polar surface area (TPSA) is 92.9 Å². The van der Waals surface area contributed by atoms with Gasteiger partial charge in [0.25, 0.3) is 5.91 Å². The molecule has 0 spiro atoms. The van der Waals surface area contributed by atoms with Gasteiger partial charge in [-0.3, -0.25) is 10.1 Å². The lowest BCUT2D eigenvalue weighted by atomic mass is 10.2. The van der Waals surface area contributed by atoms with Crippen LogP contribution in [0.2, 0.25) is 0 Å². The summed E-state index contributed by atoms with van der Waals surface area (Å²) in [6.45, 7) is 4.42. The van der Waals surface area contributed by atoms with Crippen molar-refractivity contribution in [1.82, 2.24) is 15.1 Å². The summed E-state index contributed by atoms with van der Waals surface area (Å²) < 4.78 is 4.79. The Kier molecular flexibility index (Phi) is 3.52. The first kappa shape index (κ1) is 12.0. The summed E-state index contributed by atoms with van der Waals surface area (Å²) in [5.41, 5.74) is 0.424. The van der Waals surface area contributed by atoms with Crippen molar-refractivity contribution in [3.63, 3.8) is 0 Å². The summed E-state index contributed by atoms with van der Waals surface area (Å²) >= 11 is 0. The van der Waals surface area contributed by atoms with Crippen LogP contribution in [0.15, 0.2) is 22.9 Å². The molecule has 0 aliphatic rings. The van der Waals surface area contributed by atoms with E-state index in [0.29, 0.717) is 11.4 Å². The van der Waals surface area contributed by atoms with E-state index in [0.717, 1.165) is 12.4 Å². The van der Waals surface area contributed by atoms with Gasteiger partial charge in [-0.25, -0.2) is 4.98 Å². The number of carbonyl (C=O) groups excluding carboxylic acids is 1. The standard InChI is InChI=1S/C11H13N5O2/c1-3-12-9-5-4-8(6-13-9)10(17)15-11-14-7(2)16-18-11/h4-6H,3H2,1-2H3,(H,12,13)(H,14,15,16,17). The molecule has 0 saturated heterocycles. The minimum absolute atomic E-state index is 0.0771. The molecular weight excluding hydrogens is 234 g/mol. The third kappa shape index (κ3) is 2.82. The third-order valence-corrected chi connectivity index (χ3v) is 2.13. The van der Waals surface area contributed by atoms with Crippen LogP contribution < -0.4 is 10.6 Å². The first-order valence-electron chi connectivity index (χ1n) is 5.50. The zero-order valence-electron chi connectivity index (χ0n) is 10.1. The molecule has 0 aliphatic heterocycles. The molecule has 2 heterocycles. The number of hydrogen-bond donors (Lipinski definition) is 2. The molecule has 1 amide bonds. The maximum Gasteiger partial charge on any atom is 0.328 e. The Bertz CT molecular complexity index is 535. The number of nitrogens with zero attached hydrogens (tertiary/aromatic N) is 3. The van der Waals surface area contributed by atoms with Gasteiger partial charge >= 0.3 is 6.01 Å². The Morgan fingerprint density at radius 1 is 1.44 bits per heavy atom. The van der Waals surface area contributed by atoms with Gasteiger partial charge in [-0.1, -0.05) is 5.16 Å². The number of carbonyl (C=O) groups is 1. The highest BCUT2D eigenvalue weighted by molar-refractivity contribution is 6.02. The Hall–Kier alpha value is -2.44. The van der Waals surface area contributed by atoms with Crippen LogP contribution in [0.3, 0.4) is 0 Å². The number of pyridine rings is 1. The van der Waals surface area contributed by atoms with Gasteiger partial charge in [-0.2, -0.15) is 4.98 Å². The highest BCUT2D eigenvalue weighted by atomic mass is 16.5. The molecule has 0 aliphatic carbocycles. The second-order valence-corrected chi connectivity index (χ2v) is 3.56. The van der Waals surface area contributed by atoms with E-state index in [1.165, 1.54) is 6.20 Å². The van der Waals surface area contributed by atoms with E-state index in [-0.39, 0.29) is 11.9 Å². The molecule has 94 valence electrons. The second-order valence-electron chi connectivity index (χ2n) is 3.56.